The molecule has 9 heteroatoms. The fraction of sp³-hybridized carbons (Fsp3) is 0.217. The van der Waals surface area contributed by atoms with Crippen LogP contribution in [0, 0.1) is 0 Å². The summed E-state index contributed by atoms with van der Waals surface area (Å²) < 4.78 is 6.99. The highest BCUT2D eigenvalue weighted by molar-refractivity contribution is 6.31. The molecule has 0 bridgehead atoms. The molecular formula is C23H23ClN6O2. The van der Waals surface area contributed by atoms with Crippen molar-refractivity contribution < 1.29 is 9.53 Å². The third-order valence-electron chi connectivity index (χ3n) is 5.00. The molecule has 2 heterocycles. The van der Waals surface area contributed by atoms with Crippen LogP contribution in [0.2, 0.25) is 5.02 Å². The van der Waals surface area contributed by atoms with Gasteiger partial charge in [0.15, 0.2) is 5.65 Å². The number of amides is 1. The Balaban J connectivity index is 1.37. The van der Waals surface area contributed by atoms with Crippen molar-refractivity contribution in [2.24, 2.45) is 0 Å². The number of aromatic nitrogens is 4. The molecule has 4 rings (SSSR count). The van der Waals surface area contributed by atoms with Gasteiger partial charge >= 0.3 is 0 Å². The standard InChI is InChI=1S/C23H23ClN6O2/c1-32-20-8-7-17(24)13-18(20)23(31)26-11-12-30-22-19(14-29-30)21(27-15-28-22)25-10-9-16-5-3-2-4-6-16/h2-8,13-15H,9-12H2,1H3,(H,26,31)(H,25,27,28). The molecule has 0 radical (unpaired) electrons. The predicted octanol–water partition coefficient (Wildman–Crippen LogP) is 3.57. The van der Waals surface area contributed by atoms with E-state index in [0.717, 1.165) is 24.2 Å². The Kier molecular flexibility index (Phi) is 6.81. The Morgan fingerprint density at radius 1 is 1.12 bits per heavy atom. The van der Waals surface area contributed by atoms with E-state index in [9.17, 15) is 4.79 Å². The number of methoxy groups -OCH3 is 1. The van der Waals surface area contributed by atoms with Crippen molar-refractivity contribution in [3.05, 3.63) is 77.2 Å². The lowest BCUT2D eigenvalue weighted by Gasteiger charge is -2.10. The summed E-state index contributed by atoms with van der Waals surface area (Å²) in [5.74, 6) is 0.944. The Morgan fingerprint density at radius 2 is 1.97 bits per heavy atom. The number of nitrogens with one attached hydrogen (secondary N) is 2. The largest absolute Gasteiger partial charge is 0.496 e. The number of rotatable bonds is 9. The van der Waals surface area contributed by atoms with Crippen molar-refractivity contribution >= 4 is 34.4 Å². The normalized spacial score (nSPS) is 10.8. The lowest BCUT2D eigenvalue weighted by molar-refractivity contribution is 0.0949. The maximum Gasteiger partial charge on any atom is 0.255 e. The molecule has 0 unspecified atom stereocenters. The SMILES string of the molecule is COc1ccc(Cl)cc1C(=O)NCCn1ncc2c(NCCc3ccccc3)ncnc21. The maximum absolute atomic E-state index is 12.5. The van der Waals surface area contributed by atoms with Crippen LogP contribution in [0.15, 0.2) is 61.1 Å². The van der Waals surface area contributed by atoms with Gasteiger partial charge in [0, 0.05) is 18.1 Å². The minimum absolute atomic E-state index is 0.265. The number of carbonyl (C=O) groups excluding carboxylic acids is 1. The van der Waals surface area contributed by atoms with Crippen LogP contribution < -0.4 is 15.4 Å². The van der Waals surface area contributed by atoms with Crippen molar-refractivity contribution in [1.82, 2.24) is 25.1 Å². The summed E-state index contributed by atoms with van der Waals surface area (Å²) in [5, 5.41) is 12.0. The van der Waals surface area contributed by atoms with Crippen molar-refractivity contribution in [3.8, 4) is 5.75 Å². The third kappa shape index (κ3) is 4.97. The van der Waals surface area contributed by atoms with Crippen LogP contribution >= 0.6 is 11.6 Å². The van der Waals surface area contributed by atoms with Gasteiger partial charge in [0.1, 0.15) is 17.9 Å². The Hall–Kier alpha value is -3.65. The van der Waals surface area contributed by atoms with E-state index >= 15 is 0 Å². The zero-order valence-corrected chi connectivity index (χ0v) is 18.3. The number of anilines is 1. The summed E-state index contributed by atoms with van der Waals surface area (Å²) in [4.78, 5) is 21.3. The zero-order valence-electron chi connectivity index (χ0n) is 17.6. The highest BCUT2D eigenvalue weighted by atomic mass is 35.5. The van der Waals surface area contributed by atoms with Gasteiger partial charge in [-0.2, -0.15) is 5.10 Å². The molecule has 2 N–H and O–H groups in total. The Labute approximate surface area is 190 Å². The third-order valence-corrected chi connectivity index (χ3v) is 5.23. The Morgan fingerprint density at radius 3 is 2.78 bits per heavy atom. The van der Waals surface area contributed by atoms with Gasteiger partial charge in [0.05, 0.1) is 30.8 Å². The quantitative estimate of drug-likeness (QED) is 0.405. The number of halogens is 1. The van der Waals surface area contributed by atoms with E-state index in [-0.39, 0.29) is 5.91 Å². The Bertz CT molecular complexity index is 1210. The van der Waals surface area contributed by atoms with Gasteiger partial charge in [-0.25, -0.2) is 14.6 Å². The molecule has 2 aromatic heterocycles. The maximum atomic E-state index is 12.5. The van der Waals surface area contributed by atoms with Crippen LogP contribution in [0.1, 0.15) is 15.9 Å². The van der Waals surface area contributed by atoms with Crippen molar-refractivity contribution in [2.75, 3.05) is 25.5 Å². The summed E-state index contributed by atoms with van der Waals surface area (Å²) in [7, 11) is 1.51. The first-order chi connectivity index (χ1) is 15.7. The highest BCUT2D eigenvalue weighted by Gasteiger charge is 2.14. The minimum atomic E-state index is -0.265. The van der Waals surface area contributed by atoms with E-state index in [1.54, 1.807) is 29.1 Å². The molecule has 0 fully saturated rings. The molecule has 164 valence electrons. The van der Waals surface area contributed by atoms with Crippen LogP contribution in [0.25, 0.3) is 11.0 Å². The van der Waals surface area contributed by atoms with E-state index in [1.807, 2.05) is 18.2 Å². The van der Waals surface area contributed by atoms with Gasteiger partial charge in [-0.05, 0) is 30.2 Å². The molecular weight excluding hydrogens is 428 g/mol. The van der Waals surface area contributed by atoms with Crippen LogP contribution in [-0.4, -0.2) is 45.9 Å². The van der Waals surface area contributed by atoms with Crippen molar-refractivity contribution in [3.63, 3.8) is 0 Å². The predicted molar refractivity (Wildman–Crippen MR) is 124 cm³/mol. The van der Waals surface area contributed by atoms with Gasteiger partial charge in [0.25, 0.3) is 5.91 Å². The van der Waals surface area contributed by atoms with Crippen LogP contribution in [0.5, 0.6) is 5.75 Å². The minimum Gasteiger partial charge on any atom is -0.496 e. The molecule has 8 nitrogen and oxygen atoms in total. The molecule has 0 saturated carbocycles. The number of nitrogens with zero attached hydrogens (tertiary/aromatic N) is 4. The molecule has 1 amide bonds. The van der Waals surface area contributed by atoms with Gasteiger partial charge in [0.2, 0.25) is 0 Å². The lowest BCUT2D eigenvalue weighted by Crippen LogP contribution is -2.28. The van der Waals surface area contributed by atoms with E-state index in [4.69, 9.17) is 16.3 Å². The molecule has 0 aliphatic rings. The molecule has 32 heavy (non-hydrogen) atoms. The molecule has 0 aliphatic carbocycles. The molecule has 2 aromatic carbocycles. The van der Waals surface area contributed by atoms with Crippen LogP contribution in [0.3, 0.4) is 0 Å². The summed E-state index contributed by atoms with van der Waals surface area (Å²) >= 11 is 6.01. The monoisotopic (exact) mass is 450 g/mol. The average Bonchev–Trinajstić information content (AvgIpc) is 3.23. The second-order valence-electron chi connectivity index (χ2n) is 7.09. The molecule has 0 saturated heterocycles. The first-order valence-corrected chi connectivity index (χ1v) is 10.6. The number of hydrogen-bond donors (Lipinski definition) is 2. The van der Waals surface area contributed by atoms with E-state index in [1.165, 1.54) is 19.0 Å². The van der Waals surface area contributed by atoms with Crippen molar-refractivity contribution in [1.29, 1.82) is 0 Å². The molecule has 0 spiro atoms. The summed E-state index contributed by atoms with van der Waals surface area (Å²) in [6, 6.07) is 15.2. The van der Waals surface area contributed by atoms with Gasteiger partial charge in [-0.3, -0.25) is 4.79 Å². The number of ether oxygens (including phenoxy) is 1. The van der Waals surface area contributed by atoms with E-state index < -0.39 is 0 Å². The number of fused-ring (bicyclic) bond motifs is 1. The lowest BCUT2D eigenvalue weighted by atomic mass is 10.1. The summed E-state index contributed by atoms with van der Waals surface area (Å²) in [6.45, 7) is 1.57. The smallest absolute Gasteiger partial charge is 0.255 e. The number of carbonyl (C=O) groups is 1. The average molecular weight is 451 g/mol. The van der Waals surface area contributed by atoms with E-state index in [0.29, 0.717) is 35.1 Å². The number of benzene rings is 2. The summed E-state index contributed by atoms with van der Waals surface area (Å²) in [6.07, 6.45) is 4.14. The summed E-state index contributed by atoms with van der Waals surface area (Å²) in [5.41, 5.74) is 2.35. The zero-order chi connectivity index (χ0) is 22.3. The van der Waals surface area contributed by atoms with E-state index in [2.05, 4.69) is 37.8 Å². The van der Waals surface area contributed by atoms with Gasteiger partial charge in [-0.15, -0.1) is 0 Å². The fourth-order valence-corrected chi connectivity index (χ4v) is 3.57. The first-order valence-electron chi connectivity index (χ1n) is 10.2. The van der Waals surface area contributed by atoms with Crippen LogP contribution in [-0.2, 0) is 13.0 Å². The second kappa shape index (κ2) is 10.1. The number of hydrogen-bond acceptors (Lipinski definition) is 6. The topological polar surface area (TPSA) is 94.0 Å². The molecule has 0 aliphatic heterocycles. The van der Waals surface area contributed by atoms with Gasteiger partial charge < -0.3 is 15.4 Å². The highest BCUT2D eigenvalue weighted by Crippen LogP contribution is 2.22. The molecule has 0 atom stereocenters. The first kappa shape index (κ1) is 21.6. The fourth-order valence-electron chi connectivity index (χ4n) is 3.40. The van der Waals surface area contributed by atoms with Crippen LogP contribution in [0.4, 0.5) is 5.82 Å². The van der Waals surface area contributed by atoms with Gasteiger partial charge in [-0.1, -0.05) is 41.9 Å². The second-order valence-corrected chi connectivity index (χ2v) is 7.53. The molecule has 4 aromatic rings. The van der Waals surface area contributed by atoms with Crippen molar-refractivity contribution in [2.45, 2.75) is 13.0 Å².